The van der Waals surface area contributed by atoms with Crippen molar-refractivity contribution < 1.29 is 4.42 Å². The summed E-state index contributed by atoms with van der Waals surface area (Å²) in [6.07, 6.45) is 2.11. The predicted octanol–water partition coefficient (Wildman–Crippen LogP) is 7.44. The fourth-order valence-electron chi connectivity index (χ4n) is 3.96. The van der Waals surface area contributed by atoms with Gasteiger partial charge >= 0.3 is 0 Å². The summed E-state index contributed by atoms with van der Waals surface area (Å²) in [7, 11) is 0. The highest BCUT2D eigenvalue weighted by atomic mass is 16.3. The predicted molar refractivity (Wildman–Crippen MR) is 115 cm³/mol. The van der Waals surface area contributed by atoms with E-state index in [9.17, 15) is 0 Å². The molecule has 1 aromatic heterocycles. The average molecular weight is 351 g/mol. The zero-order valence-electron chi connectivity index (χ0n) is 15.3. The molecule has 27 heavy (non-hydrogen) atoms. The lowest BCUT2D eigenvalue weighted by Crippen LogP contribution is -1.89. The topological polar surface area (TPSA) is 25.2 Å². The smallest absolute Gasteiger partial charge is 0.158 e. The number of fused-ring (bicyclic) bond motifs is 4. The highest BCUT2D eigenvalue weighted by Gasteiger charge is 2.16. The molecule has 0 aliphatic carbocycles. The van der Waals surface area contributed by atoms with Gasteiger partial charge in [0.2, 0.25) is 0 Å². The number of furan rings is 1. The average Bonchev–Trinajstić information content (AvgIpc) is 3.08. The molecular weight excluding hydrogens is 330 g/mol. The monoisotopic (exact) mass is 351 g/mol. The Bertz CT molecular complexity index is 1250. The van der Waals surface area contributed by atoms with Crippen LogP contribution in [0.4, 0.5) is 11.4 Å². The molecule has 0 atom stereocenters. The fraction of sp³-hybridized carbons (Fsp3) is 0.120. The van der Waals surface area contributed by atoms with Gasteiger partial charge < -0.3 is 9.73 Å². The summed E-state index contributed by atoms with van der Waals surface area (Å²) in [5, 5.41) is 8.44. The minimum absolute atomic E-state index is 0.920. The Labute approximate surface area is 158 Å². The van der Waals surface area contributed by atoms with E-state index in [0.29, 0.717) is 0 Å². The van der Waals surface area contributed by atoms with E-state index >= 15 is 0 Å². The molecular formula is C25H21NO. The number of aryl methyl sites for hydroxylation is 1. The van der Waals surface area contributed by atoms with Crippen LogP contribution in [0.15, 0.2) is 83.3 Å². The van der Waals surface area contributed by atoms with Crippen LogP contribution in [0.25, 0.3) is 32.7 Å². The third-order valence-corrected chi connectivity index (χ3v) is 5.17. The zero-order valence-corrected chi connectivity index (χ0v) is 15.3. The number of hydrogen-bond donors (Lipinski definition) is 1. The second-order valence-corrected chi connectivity index (χ2v) is 6.98. The van der Waals surface area contributed by atoms with Crippen molar-refractivity contribution in [3.8, 4) is 0 Å². The van der Waals surface area contributed by atoms with Crippen molar-refractivity contribution in [2.75, 3.05) is 5.32 Å². The first-order valence-electron chi connectivity index (χ1n) is 9.53. The van der Waals surface area contributed by atoms with E-state index in [4.69, 9.17) is 4.42 Å². The first-order chi connectivity index (χ1) is 13.3. The lowest BCUT2D eigenvalue weighted by atomic mass is 9.97. The summed E-state index contributed by atoms with van der Waals surface area (Å²) in [4.78, 5) is 0. The van der Waals surface area contributed by atoms with Crippen molar-refractivity contribution in [3.63, 3.8) is 0 Å². The van der Waals surface area contributed by atoms with Crippen LogP contribution < -0.4 is 5.32 Å². The second kappa shape index (κ2) is 6.48. The Morgan fingerprint density at radius 1 is 0.741 bits per heavy atom. The van der Waals surface area contributed by atoms with Gasteiger partial charge in [0, 0.05) is 22.0 Å². The van der Waals surface area contributed by atoms with Crippen LogP contribution >= 0.6 is 0 Å². The third-order valence-electron chi connectivity index (χ3n) is 5.17. The Balaban J connectivity index is 1.80. The van der Waals surface area contributed by atoms with Gasteiger partial charge in [-0.3, -0.25) is 0 Å². The molecule has 4 aromatic carbocycles. The molecule has 5 aromatic rings. The van der Waals surface area contributed by atoms with Gasteiger partial charge in [-0.1, -0.05) is 67.9 Å². The number of hydrogen-bond acceptors (Lipinski definition) is 2. The van der Waals surface area contributed by atoms with Crippen molar-refractivity contribution in [2.45, 2.75) is 19.8 Å². The molecule has 0 aliphatic heterocycles. The quantitative estimate of drug-likeness (QED) is 0.364. The molecule has 1 N–H and O–H groups in total. The molecule has 0 bridgehead atoms. The maximum atomic E-state index is 6.49. The summed E-state index contributed by atoms with van der Waals surface area (Å²) in [6, 6.07) is 27.4. The molecule has 0 amide bonds. The van der Waals surface area contributed by atoms with Crippen molar-refractivity contribution in [3.05, 3.63) is 84.4 Å². The Kier molecular flexibility index (Phi) is 3.83. The minimum Gasteiger partial charge on any atom is -0.454 e. The summed E-state index contributed by atoms with van der Waals surface area (Å²) in [5.74, 6) is 0. The second-order valence-electron chi connectivity index (χ2n) is 6.98. The molecule has 5 rings (SSSR count). The highest BCUT2D eigenvalue weighted by molar-refractivity contribution is 6.14. The standard InChI is InChI=1S/C25H21NO/c1-2-9-20-19-13-7-6-10-17(19)16-22-21-14-8-15-23(25(21)27-24(20)22)26-18-11-4-3-5-12-18/h3-8,10-16,26H,2,9H2,1H3. The molecule has 0 spiro atoms. The number of nitrogens with one attached hydrogen (secondary N) is 1. The maximum Gasteiger partial charge on any atom is 0.158 e. The molecule has 0 unspecified atom stereocenters. The van der Waals surface area contributed by atoms with Crippen LogP contribution in [0.3, 0.4) is 0 Å². The van der Waals surface area contributed by atoms with E-state index in [-0.39, 0.29) is 0 Å². The molecule has 2 nitrogen and oxygen atoms in total. The summed E-state index contributed by atoms with van der Waals surface area (Å²) in [6.45, 7) is 2.22. The van der Waals surface area contributed by atoms with Crippen LogP contribution in [0.5, 0.6) is 0 Å². The van der Waals surface area contributed by atoms with Gasteiger partial charge in [-0.25, -0.2) is 0 Å². The number of anilines is 2. The van der Waals surface area contributed by atoms with Gasteiger partial charge in [-0.2, -0.15) is 0 Å². The first-order valence-corrected chi connectivity index (χ1v) is 9.53. The molecule has 132 valence electrons. The number of benzene rings is 4. The molecule has 0 fully saturated rings. The molecule has 0 radical (unpaired) electrons. The van der Waals surface area contributed by atoms with Crippen LogP contribution in [0.2, 0.25) is 0 Å². The van der Waals surface area contributed by atoms with Gasteiger partial charge in [0.1, 0.15) is 5.58 Å². The van der Waals surface area contributed by atoms with Crippen LogP contribution in [0, 0.1) is 0 Å². The Morgan fingerprint density at radius 3 is 2.37 bits per heavy atom. The van der Waals surface area contributed by atoms with Crippen LogP contribution in [-0.2, 0) is 6.42 Å². The van der Waals surface area contributed by atoms with E-state index in [1.54, 1.807) is 0 Å². The van der Waals surface area contributed by atoms with E-state index < -0.39 is 0 Å². The first kappa shape index (κ1) is 16.0. The number of para-hydroxylation sites is 2. The van der Waals surface area contributed by atoms with Gasteiger partial charge in [-0.05, 0) is 41.5 Å². The fourth-order valence-corrected chi connectivity index (χ4v) is 3.96. The Morgan fingerprint density at radius 2 is 1.52 bits per heavy atom. The highest BCUT2D eigenvalue weighted by Crippen LogP contribution is 2.39. The maximum absolute atomic E-state index is 6.49. The number of rotatable bonds is 4. The van der Waals surface area contributed by atoms with Gasteiger partial charge in [0.25, 0.3) is 0 Å². The van der Waals surface area contributed by atoms with Crippen molar-refractivity contribution in [2.24, 2.45) is 0 Å². The van der Waals surface area contributed by atoms with E-state index in [1.807, 2.05) is 18.2 Å². The normalized spacial score (nSPS) is 11.4. The Hall–Kier alpha value is -3.26. The van der Waals surface area contributed by atoms with Crippen molar-refractivity contribution in [1.82, 2.24) is 0 Å². The largest absolute Gasteiger partial charge is 0.454 e. The lowest BCUT2D eigenvalue weighted by Gasteiger charge is -2.06. The van der Waals surface area contributed by atoms with E-state index in [1.165, 1.54) is 21.7 Å². The lowest BCUT2D eigenvalue weighted by molar-refractivity contribution is 0.663. The van der Waals surface area contributed by atoms with Gasteiger partial charge in [-0.15, -0.1) is 0 Å². The van der Waals surface area contributed by atoms with Crippen LogP contribution in [-0.4, -0.2) is 0 Å². The molecule has 0 saturated carbocycles. The van der Waals surface area contributed by atoms with E-state index in [2.05, 4.69) is 72.9 Å². The summed E-state index contributed by atoms with van der Waals surface area (Å²) < 4.78 is 6.49. The molecule has 0 saturated heterocycles. The van der Waals surface area contributed by atoms with Crippen molar-refractivity contribution in [1.29, 1.82) is 0 Å². The van der Waals surface area contributed by atoms with Gasteiger partial charge in [0.05, 0.1) is 5.69 Å². The van der Waals surface area contributed by atoms with Crippen LogP contribution in [0.1, 0.15) is 18.9 Å². The van der Waals surface area contributed by atoms with Crippen molar-refractivity contribution >= 4 is 44.1 Å². The summed E-state index contributed by atoms with van der Waals surface area (Å²) in [5.41, 5.74) is 5.31. The summed E-state index contributed by atoms with van der Waals surface area (Å²) >= 11 is 0. The van der Waals surface area contributed by atoms with Gasteiger partial charge in [0.15, 0.2) is 5.58 Å². The molecule has 2 heteroatoms. The third kappa shape index (κ3) is 2.65. The molecule has 0 aliphatic rings. The van der Waals surface area contributed by atoms with E-state index in [0.717, 1.165) is 40.8 Å². The zero-order chi connectivity index (χ0) is 18.2. The molecule has 1 heterocycles. The SMILES string of the molecule is CCCc1c2ccccc2cc2c1oc1c(Nc3ccccc3)cccc12. The minimum atomic E-state index is 0.920.